The van der Waals surface area contributed by atoms with Crippen LogP contribution in [0, 0.1) is 11.6 Å². The fraction of sp³-hybridized carbons (Fsp3) is 0.200. The molecule has 0 aromatic heterocycles. The van der Waals surface area contributed by atoms with Gasteiger partial charge in [0.1, 0.15) is 6.04 Å². The second-order valence-electron chi connectivity index (χ2n) is 3.77. The molecule has 0 saturated carbocycles. The number of carbonyl (C=O) groups excluding carboxylic acids is 1. The van der Waals surface area contributed by atoms with E-state index in [2.05, 4.69) is 5.32 Å². The number of rotatable bonds is 0. The van der Waals surface area contributed by atoms with Gasteiger partial charge < -0.3 is 16.2 Å². The van der Waals surface area contributed by atoms with Crippen LogP contribution in [-0.4, -0.2) is 29.7 Å². The second kappa shape index (κ2) is 4.22. The zero-order valence-corrected chi connectivity index (χ0v) is 8.98. The summed E-state index contributed by atoms with van der Waals surface area (Å²) in [5.41, 5.74) is 5.18. The molecule has 18 heavy (non-hydrogen) atoms. The highest BCUT2D eigenvalue weighted by Crippen LogP contribution is 2.31. The first kappa shape index (κ1) is 12.2. The Balaban J connectivity index is 2.58. The van der Waals surface area contributed by atoms with Gasteiger partial charge >= 0.3 is 6.09 Å². The lowest BCUT2D eigenvalue weighted by Crippen LogP contribution is -2.44. The van der Waals surface area contributed by atoms with E-state index in [1.165, 1.54) is 0 Å². The van der Waals surface area contributed by atoms with E-state index >= 15 is 0 Å². The number of hydrogen-bond acceptors (Lipinski definition) is 3. The number of nitrogens with one attached hydrogen (secondary N) is 1. The Labute approximate surface area is 100.0 Å². The highest BCUT2D eigenvalue weighted by molar-refractivity contribution is 6.03. The summed E-state index contributed by atoms with van der Waals surface area (Å²) in [5.74, 6) is -3.05. The third-order valence-electron chi connectivity index (χ3n) is 2.53. The average Bonchev–Trinajstić information content (AvgIpc) is 2.40. The predicted octanol–water partition coefficient (Wildman–Crippen LogP) is 0.729. The summed E-state index contributed by atoms with van der Waals surface area (Å²) in [6.45, 7) is -0.334. The molecule has 6 nitrogen and oxygen atoms in total. The van der Waals surface area contributed by atoms with Crippen LogP contribution in [-0.2, 0) is 4.79 Å². The largest absolute Gasteiger partial charge is 0.465 e. The van der Waals surface area contributed by atoms with Crippen molar-refractivity contribution in [2.24, 2.45) is 5.73 Å². The van der Waals surface area contributed by atoms with Crippen LogP contribution in [0.2, 0.25) is 0 Å². The van der Waals surface area contributed by atoms with Crippen molar-refractivity contribution in [1.29, 1.82) is 0 Å². The van der Waals surface area contributed by atoms with Crippen LogP contribution in [0.4, 0.5) is 25.0 Å². The lowest BCUT2D eigenvalue weighted by Gasteiger charge is -2.19. The smallest absolute Gasteiger partial charge is 0.411 e. The van der Waals surface area contributed by atoms with Gasteiger partial charge in [-0.1, -0.05) is 0 Å². The average molecular weight is 257 g/mol. The van der Waals surface area contributed by atoms with Crippen molar-refractivity contribution in [2.45, 2.75) is 6.04 Å². The Morgan fingerprint density at radius 2 is 2.06 bits per heavy atom. The number of anilines is 2. The van der Waals surface area contributed by atoms with Gasteiger partial charge in [-0.05, 0) is 0 Å². The summed E-state index contributed by atoms with van der Waals surface area (Å²) >= 11 is 0. The number of nitrogens with zero attached hydrogens (tertiary/aromatic N) is 1. The molecule has 1 atom stereocenters. The molecule has 1 heterocycles. The molecule has 1 aromatic rings. The minimum Gasteiger partial charge on any atom is -0.465 e. The number of halogens is 2. The molecule has 0 saturated heterocycles. The summed E-state index contributed by atoms with van der Waals surface area (Å²) < 4.78 is 26.2. The summed E-state index contributed by atoms with van der Waals surface area (Å²) in [6, 6.07) is 0.313. The normalized spacial score (nSPS) is 18.9. The van der Waals surface area contributed by atoms with Gasteiger partial charge in [-0.3, -0.25) is 9.69 Å². The minimum absolute atomic E-state index is 0.130. The van der Waals surface area contributed by atoms with Gasteiger partial charge in [-0.15, -0.1) is 0 Å². The van der Waals surface area contributed by atoms with E-state index in [-0.39, 0.29) is 17.9 Å². The lowest BCUT2D eigenvalue weighted by molar-refractivity contribution is -0.117. The van der Waals surface area contributed by atoms with Crippen molar-refractivity contribution in [2.75, 3.05) is 16.8 Å². The molecular formula is C10H9F2N3O3. The van der Waals surface area contributed by atoms with Crippen LogP contribution < -0.4 is 16.0 Å². The molecule has 0 radical (unpaired) electrons. The molecule has 2 rings (SSSR count). The second-order valence-corrected chi connectivity index (χ2v) is 3.77. The SMILES string of the molecule is N[C@H]1CN(C(=O)O)c2cc(F)c(F)cc2NC1=O. The van der Waals surface area contributed by atoms with E-state index in [1.54, 1.807) is 0 Å². The Morgan fingerprint density at radius 3 is 2.67 bits per heavy atom. The van der Waals surface area contributed by atoms with Crippen molar-refractivity contribution in [3.05, 3.63) is 23.8 Å². The van der Waals surface area contributed by atoms with Crippen LogP contribution in [0.3, 0.4) is 0 Å². The predicted molar refractivity (Wildman–Crippen MR) is 58.3 cm³/mol. The summed E-state index contributed by atoms with van der Waals surface area (Å²) in [6.07, 6.45) is -1.41. The number of amides is 2. The van der Waals surface area contributed by atoms with Crippen molar-refractivity contribution in [3.8, 4) is 0 Å². The molecule has 0 bridgehead atoms. The third kappa shape index (κ3) is 1.97. The van der Waals surface area contributed by atoms with Gasteiger partial charge in [-0.25, -0.2) is 13.6 Å². The first-order valence-electron chi connectivity index (χ1n) is 4.96. The maximum atomic E-state index is 13.1. The van der Waals surface area contributed by atoms with Gasteiger partial charge in [-0.2, -0.15) is 0 Å². The van der Waals surface area contributed by atoms with E-state index < -0.39 is 29.7 Å². The van der Waals surface area contributed by atoms with E-state index in [0.29, 0.717) is 11.0 Å². The minimum atomic E-state index is -1.41. The fourth-order valence-corrected chi connectivity index (χ4v) is 1.64. The quantitative estimate of drug-likeness (QED) is 0.638. The number of hydrogen-bond donors (Lipinski definition) is 3. The van der Waals surface area contributed by atoms with Crippen LogP contribution in [0.15, 0.2) is 12.1 Å². The van der Waals surface area contributed by atoms with E-state index in [1.807, 2.05) is 0 Å². The number of nitrogens with two attached hydrogens (primary N) is 1. The highest BCUT2D eigenvalue weighted by atomic mass is 19.2. The number of benzene rings is 1. The number of carboxylic acid groups (broad SMARTS) is 1. The van der Waals surface area contributed by atoms with Gasteiger partial charge in [0, 0.05) is 12.1 Å². The Hall–Kier alpha value is -2.22. The van der Waals surface area contributed by atoms with E-state index in [0.717, 1.165) is 6.07 Å². The lowest BCUT2D eigenvalue weighted by atomic mass is 10.2. The Bertz CT molecular complexity index is 535. The molecule has 0 unspecified atom stereocenters. The molecule has 0 aliphatic carbocycles. The number of fused-ring (bicyclic) bond motifs is 1. The first-order chi connectivity index (χ1) is 8.40. The molecule has 4 N–H and O–H groups in total. The maximum Gasteiger partial charge on any atom is 0.411 e. The summed E-state index contributed by atoms with van der Waals surface area (Å²) in [7, 11) is 0. The molecule has 0 fully saturated rings. The van der Waals surface area contributed by atoms with Gasteiger partial charge in [0.15, 0.2) is 11.6 Å². The van der Waals surface area contributed by atoms with Crippen molar-refractivity contribution in [1.82, 2.24) is 0 Å². The Morgan fingerprint density at radius 1 is 1.44 bits per heavy atom. The van der Waals surface area contributed by atoms with E-state index in [4.69, 9.17) is 10.8 Å². The molecule has 8 heteroatoms. The van der Waals surface area contributed by atoms with Gasteiger partial charge in [0.25, 0.3) is 0 Å². The van der Waals surface area contributed by atoms with E-state index in [9.17, 15) is 18.4 Å². The number of carbonyl (C=O) groups is 2. The van der Waals surface area contributed by atoms with Crippen molar-refractivity contribution < 1.29 is 23.5 Å². The highest BCUT2D eigenvalue weighted by Gasteiger charge is 2.30. The Kier molecular flexibility index (Phi) is 2.87. The third-order valence-corrected chi connectivity index (χ3v) is 2.53. The molecular weight excluding hydrogens is 248 g/mol. The molecule has 2 amide bonds. The summed E-state index contributed by atoms with van der Waals surface area (Å²) in [5, 5.41) is 11.2. The van der Waals surface area contributed by atoms with Crippen LogP contribution in [0.25, 0.3) is 0 Å². The standard InChI is InChI=1S/C10H9F2N3O3/c11-4-1-7-8(2-5(4)12)15(10(17)18)3-6(13)9(16)14-7/h1-2,6H,3,13H2,(H,14,16)(H,17,18)/t6-/m0/s1. The fourth-order valence-electron chi connectivity index (χ4n) is 1.64. The molecule has 1 aliphatic rings. The molecule has 96 valence electrons. The van der Waals surface area contributed by atoms with Crippen LogP contribution in [0.1, 0.15) is 0 Å². The zero-order valence-electron chi connectivity index (χ0n) is 8.98. The topological polar surface area (TPSA) is 95.7 Å². The monoisotopic (exact) mass is 257 g/mol. The van der Waals surface area contributed by atoms with Crippen LogP contribution >= 0.6 is 0 Å². The molecule has 0 spiro atoms. The van der Waals surface area contributed by atoms with Gasteiger partial charge in [0.05, 0.1) is 17.9 Å². The summed E-state index contributed by atoms with van der Waals surface area (Å²) in [4.78, 5) is 23.2. The maximum absolute atomic E-state index is 13.1. The molecule has 1 aliphatic heterocycles. The van der Waals surface area contributed by atoms with Crippen molar-refractivity contribution in [3.63, 3.8) is 0 Å². The molecule has 1 aromatic carbocycles. The zero-order chi connectivity index (χ0) is 13.4. The van der Waals surface area contributed by atoms with Gasteiger partial charge in [0.2, 0.25) is 5.91 Å². The van der Waals surface area contributed by atoms with Crippen molar-refractivity contribution >= 4 is 23.4 Å². The van der Waals surface area contributed by atoms with Crippen LogP contribution in [0.5, 0.6) is 0 Å². The first-order valence-corrected chi connectivity index (χ1v) is 4.96.